The summed E-state index contributed by atoms with van der Waals surface area (Å²) in [6.45, 7) is 6.04. The number of hydrogen-bond donors (Lipinski definition) is 0. The van der Waals surface area contributed by atoms with Crippen molar-refractivity contribution in [1.29, 1.82) is 0 Å². The number of esters is 1. The summed E-state index contributed by atoms with van der Waals surface area (Å²) in [5.74, 6) is 0.0698. The van der Waals surface area contributed by atoms with Crippen molar-refractivity contribution in [2.45, 2.75) is 26.8 Å². The zero-order valence-electron chi connectivity index (χ0n) is 17.2. The van der Waals surface area contributed by atoms with Crippen molar-refractivity contribution >= 4 is 11.8 Å². The van der Waals surface area contributed by atoms with Crippen LogP contribution in [0.1, 0.15) is 45.1 Å². The molecule has 2 aromatic rings. The highest BCUT2D eigenvalue weighted by atomic mass is 16.5. The first-order valence-electron chi connectivity index (χ1n) is 8.93. The van der Waals surface area contributed by atoms with E-state index in [0.717, 1.165) is 11.4 Å². The van der Waals surface area contributed by atoms with Gasteiger partial charge in [-0.05, 0) is 45.0 Å². The number of carbonyl (C=O) groups is 2. The van der Waals surface area contributed by atoms with E-state index < -0.39 is 5.97 Å². The van der Waals surface area contributed by atoms with E-state index in [1.54, 1.807) is 19.2 Å². The first-order chi connectivity index (χ1) is 13.3. The van der Waals surface area contributed by atoms with Crippen LogP contribution in [-0.4, -0.2) is 50.9 Å². The zero-order valence-corrected chi connectivity index (χ0v) is 17.2. The molecule has 152 valence electrons. The lowest BCUT2D eigenvalue weighted by Crippen LogP contribution is -2.17. The number of aryl methyl sites for hydroxylation is 1. The summed E-state index contributed by atoms with van der Waals surface area (Å²) in [4.78, 5) is 24.9. The minimum Gasteiger partial charge on any atom is -0.493 e. The van der Waals surface area contributed by atoms with Gasteiger partial charge >= 0.3 is 5.97 Å². The Hall–Kier alpha value is -2.80. The summed E-state index contributed by atoms with van der Waals surface area (Å²) >= 11 is 0. The van der Waals surface area contributed by atoms with Gasteiger partial charge in [-0.15, -0.1) is 0 Å². The highest BCUT2D eigenvalue weighted by Crippen LogP contribution is 2.28. The molecule has 0 aliphatic heterocycles. The van der Waals surface area contributed by atoms with Crippen molar-refractivity contribution in [3.05, 3.63) is 46.8 Å². The van der Waals surface area contributed by atoms with Gasteiger partial charge in [0.2, 0.25) is 5.78 Å². The number of nitrogens with zero attached hydrogens (tertiary/aromatic N) is 1. The van der Waals surface area contributed by atoms with Gasteiger partial charge in [0.25, 0.3) is 0 Å². The quantitative estimate of drug-likeness (QED) is 0.483. The third kappa shape index (κ3) is 4.54. The van der Waals surface area contributed by atoms with Gasteiger partial charge in [0.1, 0.15) is 0 Å². The molecule has 0 fully saturated rings. The van der Waals surface area contributed by atoms with Crippen LogP contribution in [0.3, 0.4) is 0 Å². The molecule has 0 bridgehead atoms. The van der Waals surface area contributed by atoms with Crippen molar-refractivity contribution in [3.63, 3.8) is 0 Å². The average molecular weight is 389 g/mol. The molecule has 1 heterocycles. The van der Waals surface area contributed by atoms with Crippen LogP contribution in [0.2, 0.25) is 0 Å². The van der Waals surface area contributed by atoms with E-state index in [0.29, 0.717) is 23.7 Å². The Balaban J connectivity index is 2.10. The van der Waals surface area contributed by atoms with Gasteiger partial charge in [0, 0.05) is 24.1 Å². The van der Waals surface area contributed by atoms with Gasteiger partial charge in [-0.3, -0.25) is 4.79 Å². The molecule has 0 saturated carbocycles. The number of rotatable bonds is 9. The van der Waals surface area contributed by atoms with Crippen LogP contribution in [-0.2, 0) is 9.47 Å². The Morgan fingerprint density at radius 2 is 1.71 bits per heavy atom. The predicted octanol–water partition coefficient (Wildman–Crippen LogP) is 3.37. The number of benzene rings is 1. The molecule has 0 aliphatic rings. The van der Waals surface area contributed by atoms with Crippen LogP contribution in [0.25, 0.3) is 0 Å². The Morgan fingerprint density at radius 1 is 1.04 bits per heavy atom. The summed E-state index contributed by atoms with van der Waals surface area (Å²) in [6.07, 6.45) is 0. The van der Waals surface area contributed by atoms with Crippen molar-refractivity contribution in [2.24, 2.45) is 0 Å². The van der Waals surface area contributed by atoms with Gasteiger partial charge in [0.15, 0.2) is 18.1 Å². The highest BCUT2D eigenvalue weighted by Gasteiger charge is 2.20. The van der Waals surface area contributed by atoms with Crippen molar-refractivity contribution < 1.29 is 28.5 Å². The smallest absolute Gasteiger partial charge is 0.338 e. The SMILES string of the molecule is COC[C@@H](C)n1c(C)cc(C(=O)COC(=O)c2ccc(OC)c(OC)c2)c1C. The van der Waals surface area contributed by atoms with E-state index >= 15 is 0 Å². The van der Waals surface area contributed by atoms with Crippen molar-refractivity contribution in [3.8, 4) is 11.5 Å². The molecule has 1 aromatic carbocycles. The van der Waals surface area contributed by atoms with Crippen LogP contribution < -0.4 is 9.47 Å². The van der Waals surface area contributed by atoms with Crippen LogP contribution in [0, 0.1) is 13.8 Å². The monoisotopic (exact) mass is 389 g/mol. The topological polar surface area (TPSA) is 76.0 Å². The van der Waals surface area contributed by atoms with Crippen LogP contribution in [0.5, 0.6) is 11.5 Å². The second kappa shape index (κ2) is 9.41. The molecule has 0 aliphatic carbocycles. The van der Waals surface area contributed by atoms with Crippen molar-refractivity contribution in [1.82, 2.24) is 4.57 Å². The van der Waals surface area contributed by atoms with Gasteiger partial charge in [-0.2, -0.15) is 0 Å². The van der Waals surface area contributed by atoms with Gasteiger partial charge in [0.05, 0.1) is 32.4 Å². The van der Waals surface area contributed by atoms with E-state index in [1.165, 1.54) is 20.3 Å². The standard InChI is InChI=1S/C21H27NO6/c1-13-9-17(15(3)22(13)14(2)11-25-4)18(23)12-28-21(24)16-7-8-19(26-5)20(10-16)27-6/h7-10,14H,11-12H2,1-6H3/t14-/m1/s1. The first kappa shape index (κ1) is 21.5. The molecule has 0 radical (unpaired) electrons. The van der Waals surface area contributed by atoms with E-state index in [-0.39, 0.29) is 24.0 Å². The first-order valence-corrected chi connectivity index (χ1v) is 8.93. The second-order valence-corrected chi connectivity index (χ2v) is 6.53. The second-order valence-electron chi connectivity index (χ2n) is 6.53. The molecule has 0 N–H and O–H groups in total. The summed E-state index contributed by atoms with van der Waals surface area (Å²) < 4.78 is 22.8. The number of carbonyl (C=O) groups excluding carboxylic acids is 2. The van der Waals surface area contributed by atoms with E-state index in [9.17, 15) is 9.59 Å². The van der Waals surface area contributed by atoms with E-state index in [1.807, 2.05) is 31.4 Å². The van der Waals surface area contributed by atoms with Crippen LogP contribution in [0.4, 0.5) is 0 Å². The number of hydrogen-bond acceptors (Lipinski definition) is 6. The molecule has 1 aromatic heterocycles. The van der Waals surface area contributed by atoms with Gasteiger partial charge < -0.3 is 23.5 Å². The lowest BCUT2D eigenvalue weighted by atomic mass is 10.1. The lowest BCUT2D eigenvalue weighted by Gasteiger charge is -2.17. The summed E-state index contributed by atoms with van der Waals surface area (Å²) in [5.41, 5.74) is 2.61. The van der Waals surface area contributed by atoms with Gasteiger partial charge in [-0.1, -0.05) is 0 Å². The van der Waals surface area contributed by atoms with Gasteiger partial charge in [-0.25, -0.2) is 4.79 Å². The molecule has 1 atom stereocenters. The Bertz CT molecular complexity index is 855. The fourth-order valence-electron chi connectivity index (χ4n) is 3.31. The molecular weight excluding hydrogens is 362 g/mol. The minimum atomic E-state index is -0.601. The molecule has 0 saturated heterocycles. The molecule has 0 amide bonds. The fourth-order valence-corrected chi connectivity index (χ4v) is 3.31. The Labute approximate surface area is 165 Å². The normalized spacial score (nSPS) is 11.8. The number of methoxy groups -OCH3 is 3. The fraction of sp³-hybridized carbons (Fsp3) is 0.429. The number of ether oxygens (including phenoxy) is 4. The third-order valence-corrected chi connectivity index (χ3v) is 4.59. The Kier molecular flexibility index (Phi) is 7.23. The number of ketones is 1. The largest absolute Gasteiger partial charge is 0.493 e. The maximum atomic E-state index is 12.6. The molecule has 2 rings (SSSR count). The van der Waals surface area contributed by atoms with Crippen LogP contribution >= 0.6 is 0 Å². The summed E-state index contributed by atoms with van der Waals surface area (Å²) in [6, 6.07) is 6.60. The van der Waals surface area contributed by atoms with Crippen molar-refractivity contribution in [2.75, 3.05) is 34.5 Å². The minimum absolute atomic E-state index is 0.0980. The molecule has 28 heavy (non-hydrogen) atoms. The predicted molar refractivity (Wildman–Crippen MR) is 105 cm³/mol. The zero-order chi connectivity index (χ0) is 20.8. The number of aromatic nitrogens is 1. The lowest BCUT2D eigenvalue weighted by molar-refractivity contribution is 0.0474. The van der Waals surface area contributed by atoms with Crippen LogP contribution in [0.15, 0.2) is 24.3 Å². The Morgan fingerprint density at radius 3 is 2.32 bits per heavy atom. The molecule has 7 nitrogen and oxygen atoms in total. The molecule has 7 heteroatoms. The molecular formula is C21H27NO6. The molecule has 0 spiro atoms. The maximum absolute atomic E-state index is 12.6. The number of Topliss-reactive ketones (excluding diaryl/α,β-unsaturated/α-hetero) is 1. The summed E-state index contributed by atoms with van der Waals surface area (Å²) in [5, 5.41) is 0. The maximum Gasteiger partial charge on any atom is 0.338 e. The molecule has 0 unspecified atom stereocenters. The highest BCUT2D eigenvalue weighted by molar-refractivity contribution is 6.00. The van der Waals surface area contributed by atoms with E-state index in [2.05, 4.69) is 0 Å². The average Bonchev–Trinajstić information content (AvgIpc) is 2.99. The summed E-state index contributed by atoms with van der Waals surface area (Å²) in [7, 11) is 4.64. The van der Waals surface area contributed by atoms with E-state index in [4.69, 9.17) is 18.9 Å². The third-order valence-electron chi connectivity index (χ3n) is 4.59.